The highest BCUT2D eigenvalue weighted by atomic mass is 16.5. The summed E-state index contributed by atoms with van der Waals surface area (Å²) < 4.78 is 4.50. The first kappa shape index (κ1) is 24.4. The van der Waals surface area contributed by atoms with E-state index in [4.69, 9.17) is 0 Å². The summed E-state index contributed by atoms with van der Waals surface area (Å²) in [6, 6.07) is 0. The van der Waals surface area contributed by atoms with Crippen molar-refractivity contribution in [3.05, 3.63) is 24.3 Å². The maximum atomic E-state index is 11.2. The largest absolute Gasteiger partial charge is 0.467 e. The normalized spacial score (nSPS) is 25.1. The molecule has 0 aromatic rings. The van der Waals surface area contributed by atoms with Crippen LogP contribution in [0.3, 0.4) is 0 Å². The Labute approximate surface area is 169 Å². The molecule has 0 aliphatic heterocycles. The van der Waals surface area contributed by atoms with Crippen LogP contribution in [0.5, 0.6) is 0 Å². The lowest BCUT2D eigenvalue weighted by Gasteiger charge is -2.19. The van der Waals surface area contributed by atoms with Gasteiger partial charge < -0.3 is 20.2 Å². The van der Waals surface area contributed by atoms with Crippen molar-refractivity contribution in [2.75, 3.05) is 13.7 Å². The summed E-state index contributed by atoms with van der Waals surface area (Å²) >= 11 is 0. The molecule has 4 atom stereocenters. The number of rotatable bonds is 13. The molecule has 0 saturated heterocycles. The second-order valence-corrected chi connectivity index (χ2v) is 7.52. The summed E-state index contributed by atoms with van der Waals surface area (Å²) in [5, 5.41) is 32.2. The molecule has 1 rings (SSSR count). The minimum atomic E-state index is -1.10. The fourth-order valence-corrected chi connectivity index (χ4v) is 3.80. The van der Waals surface area contributed by atoms with Gasteiger partial charge in [0, 0.05) is 12.5 Å². The van der Waals surface area contributed by atoms with Crippen molar-refractivity contribution >= 4 is 11.7 Å². The number of unbranched alkanes of at least 4 members (excludes halogenated alkanes) is 4. The standard InChI is InChI=1S/C22H37NO5/c1-3-4-5-6-7-9-12-18-17(16-24)15-20(23-27)19(18)13-10-8-11-14-21(25)22(26)28-2/h8-10,12,17-19,21,24-25,27H,3-7,11,13-16H2,1-2H3/b10-8-,12-9+,23-20?/t17-,18-,19+,21?/m0/s1. The van der Waals surface area contributed by atoms with Crippen LogP contribution in [0.15, 0.2) is 29.5 Å². The molecule has 0 bridgehead atoms. The van der Waals surface area contributed by atoms with Gasteiger partial charge in [0.1, 0.15) is 0 Å². The van der Waals surface area contributed by atoms with Crippen LogP contribution >= 0.6 is 0 Å². The van der Waals surface area contributed by atoms with Crippen molar-refractivity contribution in [3.63, 3.8) is 0 Å². The lowest BCUT2D eigenvalue weighted by atomic mass is 9.86. The molecular formula is C22H37NO5. The zero-order chi connectivity index (χ0) is 20.8. The number of aliphatic hydroxyl groups is 2. The van der Waals surface area contributed by atoms with Gasteiger partial charge in [0.2, 0.25) is 0 Å². The highest BCUT2D eigenvalue weighted by Gasteiger charge is 2.38. The highest BCUT2D eigenvalue weighted by molar-refractivity contribution is 5.89. The molecule has 1 unspecified atom stereocenters. The monoisotopic (exact) mass is 395 g/mol. The smallest absolute Gasteiger partial charge is 0.334 e. The van der Waals surface area contributed by atoms with Crippen molar-refractivity contribution in [1.82, 2.24) is 0 Å². The Balaban J connectivity index is 2.58. The van der Waals surface area contributed by atoms with Gasteiger partial charge in [0.05, 0.1) is 12.8 Å². The summed E-state index contributed by atoms with van der Waals surface area (Å²) in [5.41, 5.74) is 0.735. The number of carbonyl (C=O) groups is 1. The molecule has 1 aliphatic carbocycles. The maximum Gasteiger partial charge on any atom is 0.334 e. The van der Waals surface area contributed by atoms with Crippen LogP contribution in [0.2, 0.25) is 0 Å². The Kier molecular flexibility index (Phi) is 12.5. The van der Waals surface area contributed by atoms with E-state index in [-0.39, 0.29) is 24.4 Å². The summed E-state index contributed by atoms with van der Waals surface area (Å²) in [4.78, 5) is 11.2. The van der Waals surface area contributed by atoms with Gasteiger partial charge in [0.25, 0.3) is 0 Å². The van der Waals surface area contributed by atoms with E-state index in [0.717, 1.165) is 12.1 Å². The third-order valence-electron chi connectivity index (χ3n) is 5.49. The van der Waals surface area contributed by atoms with Gasteiger partial charge in [-0.05, 0) is 50.4 Å². The molecule has 28 heavy (non-hydrogen) atoms. The topological polar surface area (TPSA) is 99.4 Å². The third kappa shape index (κ3) is 8.15. The minimum Gasteiger partial charge on any atom is -0.467 e. The lowest BCUT2D eigenvalue weighted by molar-refractivity contribution is -0.150. The Bertz CT molecular complexity index is 529. The van der Waals surface area contributed by atoms with Crippen molar-refractivity contribution < 1.29 is 25.0 Å². The Morgan fingerprint density at radius 3 is 2.68 bits per heavy atom. The number of hydrogen-bond acceptors (Lipinski definition) is 6. The Morgan fingerprint density at radius 2 is 2.04 bits per heavy atom. The second-order valence-electron chi connectivity index (χ2n) is 7.52. The molecule has 6 nitrogen and oxygen atoms in total. The van der Waals surface area contributed by atoms with E-state index in [0.29, 0.717) is 25.7 Å². The Morgan fingerprint density at radius 1 is 1.25 bits per heavy atom. The first-order valence-electron chi connectivity index (χ1n) is 10.5. The maximum absolute atomic E-state index is 11.2. The number of methoxy groups -OCH3 is 1. The predicted octanol–water partition coefficient (Wildman–Crippen LogP) is 3.85. The van der Waals surface area contributed by atoms with Crippen LogP contribution in [0.25, 0.3) is 0 Å². The fraction of sp³-hybridized carbons (Fsp3) is 0.727. The first-order chi connectivity index (χ1) is 13.6. The number of hydrogen-bond donors (Lipinski definition) is 3. The molecule has 0 amide bonds. The van der Waals surface area contributed by atoms with E-state index in [2.05, 4.69) is 29.0 Å². The van der Waals surface area contributed by atoms with E-state index < -0.39 is 12.1 Å². The summed E-state index contributed by atoms with van der Waals surface area (Å²) in [6.45, 7) is 2.28. The van der Waals surface area contributed by atoms with Crippen molar-refractivity contribution in [3.8, 4) is 0 Å². The van der Waals surface area contributed by atoms with Crippen molar-refractivity contribution in [2.24, 2.45) is 22.9 Å². The molecule has 0 radical (unpaired) electrons. The summed E-state index contributed by atoms with van der Waals surface area (Å²) in [7, 11) is 1.26. The van der Waals surface area contributed by atoms with Gasteiger partial charge >= 0.3 is 5.97 Å². The van der Waals surface area contributed by atoms with Gasteiger partial charge in [-0.2, -0.15) is 0 Å². The van der Waals surface area contributed by atoms with E-state index in [1.165, 1.54) is 32.8 Å². The zero-order valence-corrected chi connectivity index (χ0v) is 17.3. The minimum absolute atomic E-state index is 0.0656. The summed E-state index contributed by atoms with van der Waals surface area (Å²) in [6.07, 6.45) is 15.3. The molecule has 0 heterocycles. The summed E-state index contributed by atoms with van der Waals surface area (Å²) in [5.74, 6) is -0.311. The zero-order valence-electron chi connectivity index (χ0n) is 17.3. The molecule has 3 N–H and O–H groups in total. The van der Waals surface area contributed by atoms with Crippen LogP contribution in [0.4, 0.5) is 0 Å². The lowest BCUT2D eigenvalue weighted by Crippen LogP contribution is -2.21. The SMILES string of the molecule is CCCCCC/C=C/[C@H]1[C@H](CO)CC(=NO)[C@@H]1C/C=C\CCC(O)C(=O)OC. The van der Waals surface area contributed by atoms with Crippen molar-refractivity contribution in [2.45, 2.75) is 70.8 Å². The molecule has 6 heteroatoms. The molecule has 1 aliphatic rings. The molecule has 0 spiro atoms. The predicted molar refractivity (Wildman–Crippen MR) is 110 cm³/mol. The van der Waals surface area contributed by atoms with Crippen LogP contribution in [-0.2, 0) is 9.53 Å². The van der Waals surface area contributed by atoms with Gasteiger partial charge in [0.15, 0.2) is 6.10 Å². The van der Waals surface area contributed by atoms with E-state index >= 15 is 0 Å². The number of carbonyl (C=O) groups excluding carboxylic acids is 1. The average molecular weight is 396 g/mol. The number of allylic oxidation sites excluding steroid dienone is 4. The number of oxime groups is 1. The van der Waals surface area contributed by atoms with Crippen LogP contribution < -0.4 is 0 Å². The number of esters is 1. The number of aliphatic hydroxyl groups excluding tert-OH is 2. The number of nitrogens with zero attached hydrogens (tertiary/aromatic N) is 1. The van der Waals surface area contributed by atoms with Crippen molar-refractivity contribution in [1.29, 1.82) is 0 Å². The van der Waals surface area contributed by atoms with Gasteiger partial charge in [-0.25, -0.2) is 4.79 Å². The van der Waals surface area contributed by atoms with Gasteiger partial charge in [-0.1, -0.05) is 55.6 Å². The van der Waals surface area contributed by atoms with Crippen LogP contribution in [0.1, 0.15) is 64.7 Å². The highest BCUT2D eigenvalue weighted by Crippen LogP contribution is 2.38. The molecule has 1 saturated carbocycles. The fourth-order valence-electron chi connectivity index (χ4n) is 3.80. The Hall–Kier alpha value is -1.66. The van der Waals surface area contributed by atoms with E-state index in [1.54, 1.807) is 0 Å². The molecule has 0 aromatic heterocycles. The van der Waals surface area contributed by atoms with Crippen LogP contribution in [-0.4, -0.2) is 46.9 Å². The van der Waals surface area contributed by atoms with Gasteiger partial charge in [-0.3, -0.25) is 0 Å². The third-order valence-corrected chi connectivity index (χ3v) is 5.49. The van der Waals surface area contributed by atoms with Gasteiger partial charge in [-0.15, -0.1) is 0 Å². The number of ether oxygens (including phenoxy) is 1. The average Bonchev–Trinajstić information content (AvgIpc) is 3.06. The van der Waals surface area contributed by atoms with Crippen LogP contribution in [0, 0.1) is 17.8 Å². The second kappa shape index (κ2) is 14.4. The van der Waals surface area contributed by atoms with E-state index in [1.807, 2.05) is 12.2 Å². The quantitative estimate of drug-likeness (QED) is 0.145. The van der Waals surface area contributed by atoms with E-state index in [9.17, 15) is 20.2 Å². The first-order valence-corrected chi connectivity index (χ1v) is 10.5. The molecular weight excluding hydrogens is 358 g/mol. The molecule has 0 aromatic carbocycles. The molecule has 160 valence electrons. The molecule has 1 fully saturated rings.